The van der Waals surface area contributed by atoms with E-state index in [0.717, 1.165) is 44.8 Å². The van der Waals surface area contributed by atoms with E-state index < -0.39 is 23.5 Å². The molecule has 0 saturated heterocycles. The molecule has 48 heavy (non-hydrogen) atoms. The fourth-order valence-corrected chi connectivity index (χ4v) is 6.99. The molecule has 0 amide bonds. The molecule has 0 spiro atoms. The number of alkyl halides is 6. The molecular weight excluding hydrogens is 622 g/mol. The molecule has 0 radical (unpaired) electrons. The van der Waals surface area contributed by atoms with Gasteiger partial charge in [0.15, 0.2) is 0 Å². The van der Waals surface area contributed by atoms with Crippen LogP contribution in [-0.2, 0) is 12.4 Å². The molecule has 8 aromatic rings. The number of benzene rings is 6. The van der Waals surface area contributed by atoms with E-state index in [9.17, 15) is 13.2 Å². The highest BCUT2D eigenvalue weighted by atomic mass is 19.4. The maximum absolute atomic E-state index is 15.8. The van der Waals surface area contributed by atoms with Crippen molar-refractivity contribution >= 4 is 43.6 Å². The maximum Gasteiger partial charge on any atom is 0.420 e. The van der Waals surface area contributed by atoms with Gasteiger partial charge in [0.1, 0.15) is 5.56 Å². The van der Waals surface area contributed by atoms with Crippen molar-refractivity contribution in [3.05, 3.63) is 144 Å². The van der Waals surface area contributed by atoms with Crippen LogP contribution in [0.1, 0.15) is 22.3 Å². The lowest BCUT2D eigenvalue weighted by Gasteiger charge is -2.23. The zero-order valence-corrected chi connectivity index (χ0v) is 25.7. The van der Waals surface area contributed by atoms with Crippen LogP contribution in [0.15, 0.2) is 121 Å². The summed E-state index contributed by atoms with van der Waals surface area (Å²) in [6, 6.07) is 33.1. The Bertz CT molecular complexity index is 2420. The van der Waals surface area contributed by atoms with Gasteiger partial charge in [-0.25, -0.2) is 0 Å². The molecule has 2 nitrogen and oxygen atoms in total. The number of halogens is 6. The van der Waals surface area contributed by atoms with Crippen molar-refractivity contribution in [1.29, 1.82) is 0 Å². The topological polar surface area (TPSA) is 9.86 Å². The predicted molar refractivity (Wildman–Crippen MR) is 180 cm³/mol. The number of nitrogens with zero attached hydrogens (tertiary/aromatic N) is 2. The lowest BCUT2D eigenvalue weighted by molar-refractivity contribution is -0.138. The van der Waals surface area contributed by atoms with E-state index in [1.807, 2.05) is 62.4 Å². The first-order chi connectivity index (χ1) is 22.9. The van der Waals surface area contributed by atoms with Crippen LogP contribution in [0.25, 0.3) is 66.1 Å². The Hall–Kier alpha value is -5.50. The van der Waals surface area contributed by atoms with Gasteiger partial charge < -0.3 is 9.13 Å². The maximum atomic E-state index is 15.8. The number of rotatable bonds is 3. The van der Waals surface area contributed by atoms with Gasteiger partial charge in [0.2, 0.25) is 0 Å². The molecule has 0 aliphatic rings. The van der Waals surface area contributed by atoms with Crippen LogP contribution in [0.4, 0.5) is 26.3 Å². The Balaban J connectivity index is 1.59. The highest BCUT2D eigenvalue weighted by molar-refractivity contribution is 6.11. The summed E-state index contributed by atoms with van der Waals surface area (Å²) in [6.07, 6.45) is -9.50. The molecule has 0 atom stereocenters. The fraction of sp³-hybridized carbons (Fsp3) is 0.100. The van der Waals surface area contributed by atoms with Crippen LogP contribution in [0, 0.1) is 13.8 Å². The van der Waals surface area contributed by atoms with Crippen LogP contribution in [0.2, 0.25) is 0 Å². The Labute approximate surface area is 271 Å². The predicted octanol–water partition coefficient (Wildman–Crippen LogP) is 12.2. The molecule has 0 bridgehead atoms. The molecule has 0 fully saturated rings. The second-order valence-electron chi connectivity index (χ2n) is 12.2. The van der Waals surface area contributed by atoms with Gasteiger partial charge in [-0.3, -0.25) is 0 Å². The summed E-state index contributed by atoms with van der Waals surface area (Å²) >= 11 is 0. The van der Waals surface area contributed by atoms with E-state index in [4.69, 9.17) is 0 Å². The number of hydrogen-bond donors (Lipinski definition) is 0. The zero-order valence-electron chi connectivity index (χ0n) is 25.7. The summed E-state index contributed by atoms with van der Waals surface area (Å²) in [4.78, 5) is 0. The quantitative estimate of drug-likeness (QED) is 0.169. The minimum Gasteiger partial charge on any atom is -0.309 e. The molecule has 8 rings (SSSR count). The Kier molecular flexibility index (Phi) is 6.54. The molecule has 0 aliphatic carbocycles. The summed E-state index contributed by atoms with van der Waals surface area (Å²) in [5.74, 6) is 0. The highest BCUT2D eigenvalue weighted by Crippen LogP contribution is 2.46. The summed E-state index contributed by atoms with van der Waals surface area (Å²) in [5.41, 5.74) is 2.32. The second-order valence-corrected chi connectivity index (χ2v) is 12.2. The third kappa shape index (κ3) is 4.66. The van der Waals surface area contributed by atoms with Crippen molar-refractivity contribution in [1.82, 2.24) is 9.13 Å². The molecule has 6 aromatic carbocycles. The van der Waals surface area contributed by atoms with Gasteiger partial charge >= 0.3 is 12.4 Å². The minimum absolute atomic E-state index is 0.147. The molecule has 238 valence electrons. The first-order valence-electron chi connectivity index (χ1n) is 15.3. The minimum atomic E-state index is -4.86. The molecule has 0 N–H and O–H groups in total. The third-order valence-corrected chi connectivity index (χ3v) is 9.04. The average molecular weight is 649 g/mol. The molecule has 2 heterocycles. The number of para-hydroxylation sites is 2. The first-order valence-corrected chi connectivity index (χ1v) is 15.3. The van der Waals surface area contributed by atoms with Crippen molar-refractivity contribution in [2.24, 2.45) is 0 Å². The highest BCUT2D eigenvalue weighted by Gasteiger charge is 2.40. The van der Waals surface area contributed by atoms with E-state index in [1.165, 1.54) is 24.3 Å². The molecule has 0 saturated carbocycles. The molecule has 0 aliphatic heterocycles. The van der Waals surface area contributed by atoms with Gasteiger partial charge in [0.05, 0.1) is 39.0 Å². The van der Waals surface area contributed by atoms with Crippen molar-refractivity contribution < 1.29 is 26.3 Å². The monoisotopic (exact) mass is 648 g/mol. The summed E-state index contributed by atoms with van der Waals surface area (Å²) in [5, 5.41) is 3.08. The summed E-state index contributed by atoms with van der Waals surface area (Å²) in [6.45, 7) is 3.84. The van der Waals surface area contributed by atoms with E-state index in [0.29, 0.717) is 22.1 Å². The SMILES string of the molecule is Cc1ccc2c(c1)c1ccccc1n2-c1cc(-c2cccc(C(F)(F)F)c2)cc(-n2c3ccccc3c3cc(C)ccc32)c1C(F)(F)F. The van der Waals surface area contributed by atoms with Gasteiger partial charge in [-0.05, 0) is 85.6 Å². The zero-order chi connectivity index (χ0) is 33.5. The molecule has 2 aromatic heterocycles. The number of hydrogen-bond acceptors (Lipinski definition) is 0. The van der Waals surface area contributed by atoms with Gasteiger partial charge in [0.25, 0.3) is 0 Å². The fourth-order valence-electron chi connectivity index (χ4n) is 6.99. The van der Waals surface area contributed by atoms with Crippen molar-refractivity contribution in [3.8, 4) is 22.5 Å². The van der Waals surface area contributed by atoms with Gasteiger partial charge in [-0.15, -0.1) is 0 Å². The van der Waals surface area contributed by atoms with Crippen LogP contribution in [0.3, 0.4) is 0 Å². The molecular formula is C40H26F6N2. The smallest absolute Gasteiger partial charge is 0.309 e. The second kappa shape index (κ2) is 10.5. The van der Waals surface area contributed by atoms with E-state index in [2.05, 4.69) is 0 Å². The number of fused-ring (bicyclic) bond motifs is 6. The number of aryl methyl sites for hydroxylation is 2. The molecule has 8 heteroatoms. The number of aromatic nitrogens is 2. The lowest BCUT2D eigenvalue weighted by Crippen LogP contribution is -2.16. The third-order valence-electron chi connectivity index (χ3n) is 9.04. The van der Waals surface area contributed by atoms with Crippen molar-refractivity contribution in [2.75, 3.05) is 0 Å². The van der Waals surface area contributed by atoms with Crippen molar-refractivity contribution in [2.45, 2.75) is 26.2 Å². The normalized spacial score (nSPS) is 12.6. The summed E-state index contributed by atoms with van der Waals surface area (Å²) < 4.78 is 92.3. The Morgan fingerprint density at radius 3 is 1.38 bits per heavy atom. The Morgan fingerprint density at radius 2 is 0.896 bits per heavy atom. The van der Waals surface area contributed by atoms with Crippen LogP contribution in [0.5, 0.6) is 0 Å². The average Bonchev–Trinajstić information content (AvgIpc) is 3.55. The first kappa shape index (κ1) is 29.9. The van der Waals surface area contributed by atoms with Crippen molar-refractivity contribution in [3.63, 3.8) is 0 Å². The van der Waals surface area contributed by atoms with Crippen LogP contribution >= 0.6 is 0 Å². The molecule has 0 unspecified atom stereocenters. The van der Waals surface area contributed by atoms with Gasteiger partial charge in [-0.2, -0.15) is 26.3 Å². The van der Waals surface area contributed by atoms with Crippen LogP contribution in [-0.4, -0.2) is 9.13 Å². The van der Waals surface area contributed by atoms with Gasteiger partial charge in [0, 0.05) is 21.5 Å². The van der Waals surface area contributed by atoms with E-state index in [-0.39, 0.29) is 22.5 Å². The largest absolute Gasteiger partial charge is 0.420 e. The Morgan fingerprint density at radius 1 is 0.417 bits per heavy atom. The van der Waals surface area contributed by atoms with Gasteiger partial charge in [-0.1, -0.05) is 71.8 Å². The summed E-state index contributed by atoms with van der Waals surface area (Å²) in [7, 11) is 0. The standard InChI is InChI=1S/C40H26F6N2/c1-23-14-16-34-30(18-23)28-10-3-5-12-32(28)47(34)36-21-26(25-8-7-9-27(20-25)39(41,42)43)22-37(38(36)40(44,45)46)48-33-13-6-4-11-29(33)31-19-24(2)15-17-35(31)48/h3-22H,1-2H3. The van der Waals surface area contributed by atoms with E-state index in [1.54, 1.807) is 45.5 Å². The van der Waals surface area contributed by atoms with E-state index >= 15 is 13.2 Å². The van der Waals surface area contributed by atoms with Crippen LogP contribution < -0.4 is 0 Å². The lowest BCUT2D eigenvalue weighted by atomic mass is 9.97.